The van der Waals surface area contributed by atoms with E-state index in [4.69, 9.17) is 17.2 Å². The maximum absolute atomic E-state index is 14.1. The van der Waals surface area contributed by atoms with E-state index in [9.17, 15) is 43.8 Å². The molecule has 18 nitrogen and oxygen atoms in total. The number of nitrogens with one attached hydrogen (secondary N) is 6. The topological polar surface area (TPSA) is 318 Å². The molecule has 0 bridgehead atoms. The van der Waals surface area contributed by atoms with Crippen LogP contribution in [0.15, 0.2) is 85.2 Å². The highest BCUT2D eigenvalue weighted by Gasteiger charge is 2.33. The number of benzene rings is 3. The normalized spacial score (nSPS) is 13.8. The third kappa shape index (κ3) is 10.9. The molecule has 0 radical (unpaired) electrons. The van der Waals surface area contributed by atoms with Gasteiger partial charge in [-0.1, -0.05) is 48.5 Å². The molecule has 0 aliphatic heterocycles. The molecular weight excluding hydrogens is 738 g/mol. The van der Waals surface area contributed by atoms with Crippen molar-refractivity contribution in [1.29, 1.82) is 0 Å². The second-order valence-corrected chi connectivity index (χ2v) is 13.5. The highest BCUT2D eigenvalue weighted by molar-refractivity contribution is 5.98. The number of phenolic OH excluding ortho intramolecular Hbond substituents is 1. The number of phenols is 1. The molecule has 3 aromatic carbocycles. The summed E-state index contributed by atoms with van der Waals surface area (Å²) in [7, 11) is 0. The van der Waals surface area contributed by atoms with E-state index in [2.05, 4.69) is 31.2 Å². The summed E-state index contributed by atoms with van der Waals surface area (Å²) in [6, 6.07) is 12.9. The molecule has 6 amide bonds. The van der Waals surface area contributed by atoms with Gasteiger partial charge in [0.2, 0.25) is 35.4 Å². The van der Waals surface area contributed by atoms with E-state index in [0.29, 0.717) is 11.1 Å². The van der Waals surface area contributed by atoms with Gasteiger partial charge in [0.15, 0.2) is 0 Å². The predicted octanol–water partition coefficient (Wildman–Crippen LogP) is -0.515. The van der Waals surface area contributed by atoms with Gasteiger partial charge in [-0.3, -0.25) is 28.8 Å². The number of carbonyl (C=O) groups is 7. The SMILES string of the molecule is NC(=O)C[C@H](NC(=O)[C@H](Cc1ccc(O)cc1)NC(=O)[C@H](CC(N)=O)NC(=O)[C@H](Cc1c[nH]c2ccccc12)NC(=O)[C@@H](N)Cc1c[nH]c2ccccc12)C(=O)O. The summed E-state index contributed by atoms with van der Waals surface area (Å²) in [5.74, 6) is -7.33. The number of carbonyl (C=O) groups excluding carboxylic acids is 6. The number of primary amides is 2. The highest BCUT2D eigenvalue weighted by Crippen LogP contribution is 2.21. The number of rotatable bonds is 19. The molecule has 14 N–H and O–H groups in total. The first-order chi connectivity index (χ1) is 27.2. The summed E-state index contributed by atoms with van der Waals surface area (Å²) in [5, 5.41) is 30.7. The number of aliphatic carboxylic acids is 1. The lowest BCUT2D eigenvalue weighted by atomic mass is 10.0. The minimum absolute atomic E-state index is 0.0748. The average molecular weight is 782 g/mol. The Morgan fingerprint density at radius 3 is 1.54 bits per heavy atom. The van der Waals surface area contributed by atoms with E-state index in [1.54, 1.807) is 18.5 Å². The number of hydrogen-bond acceptors (Lipinski definition) is 9. The molecule has 57 heavy (non-hydrogen) atoms. The van der Waals surface area contributed by atoms with Crippen molar-refractivity contribution in [3.63, 3.8) is 0 Å². The van der Waals surface area contributed by atoms with Crippen molar-refractivity contribution in [2.24, 2.45) is 17.2 Å². The van der Waals surface area contributed by atoms with Gasteiger partial charge in [0.1, 0.15) is 29.9 Å². The van der Waals surface area contributed by atoms with Crippen LogP contribution in [0.3, 0.4) is 0 Å². The van der Waals surface area contributed by atoms with Crippen molar-refractivity contribution in [2.75, 3.05) is 0 Å². The van der Waals surface area contributed by atoms with Crippen molar-refractivity contribution < 1.29 is 43.8 Å². The van der Waals surface area contributed by atoms with Crippen LogP contribution in [0.2, 0.25) is 0 Å². The molecule has 0 saturated heterocycles. The van der Waals surface area contributed by atoms with Crippen LogP contribution in [-0.2, 0) is 52.8 Å². The first-order valence-electron chi connectivity index (χ1n) is 17.8. The van der Waals surface area contributed by atoms with Gasteiger partial charge in [0.25, 0.3) is 0 Å². The number of carboxylic acid groups (broad SMARTS) is 1. The minimum atomic E-state index is -1.74. The van der Waals surface area contributed by atoms with Gasteiger partial charge in [-0.05, 0) is 47.4 Å². The van der Waals surface area contributed by atoms with E-state index in [-0.39, 0.29) is 25.0 Å². The Kier molecular flexibility index (Phi) is 13.2. The molecule has 0 aliphatic rings. The zero-order valence-electron chi connectivity index (χ0n) is 30.5. The number of amides is 6. The third-order valence-electron chi connectivity index (χ3n) is 9.25. The molecule has 2 heterocycles. The average Bonchev–Trinajstić information content (AvgIpc) is 3.77. The number of aromatic hydroxyl groups is 1. The van der Waals surface area contributed by atoms with Crippen LogP contribution in [0, 0.1) is 0 Å². The fraction of sp³-hybridized carbons (Fsp3) is 0.256. The van der Waals surface area contributed by atoms with Crippen LogP contribution in [0.5, 0.6) is 5.75 Å². The van der Waals surface area contributed by atoms with Crippen LogP contribution in [0.4, 0.5) is 0 Å². The largest absolute Gasteiger partial charge is 0.508 e. The second-order valence-electron chi connectivity index (χ2n) is 13.5. The Morgan fingerprint density at radius 2 is 1.00 bits per heavy atom. The maximum Gasteiger partial charge on any atom is 0.326 e. The number of aromatic amines is 2. The van der Waals surface area contributed by atoms with Gasteiger partial charge in [0, 0.05) is 47.0 Å². The molecule has 5 rings (SSSR count). The lowest BCUT2D eigenvalue weighted by molar-refractivity contribution is -0.143. The van der Waals surface area contributed by atoms with Crippen LogP contribution < -0.4 is 38.5 Å². The summed E-state index contributed by atoms with van der Waals surface area (Å²) in [6.07, 6.45) is 1.72. The van der Waals surface area contributed by atoms with Gasteiger partial charge in [0.05, 0.1) is 18.9 Å². The quantitative estimate of drug-likeness (QED) is 0.0510. The summed E-state index contributed by atoms with van der Waals surface area (Å²) >= 11 is 0. The van der Waals surface area contributed by atoms with E-state index in [0.717, 1.165) is 27.4 Å². The molecule has 298 valence electrons. The molecule has 0 spiro atoms. The van der Waals surface area contributed by atoms with Gasteiger partial charge in [-0.2, -0.15) is 0 Å². The van der Waals surface area contributed by atoms with Crippen molar-refractivity contribution in [3.05, 3.63) is 102 Å². The summed E-state index contributed by atoms with van der Waals surface area (Å²) in [5.41, 5.74) is 20.4. The predicted molar refractivity (Wildman–Crippen MR) is 207 cm³/mol. The summed E-state index contributed by atoms with van der Waals surface area (Å²) in [6.45, 7) is 0. The Hall–Kier alpha value is -7.21. The maximum atomic E-state index is 14.1. The summed E-state index contributed by atoms with van der Waals surface area (Å²) in [4.78, 5) is 96.7. The Labute approximate surface area is 324 Å². The lowest BCUT2D eigenvalue weighted by Gasteiger charge is -2.26. The number of fused-ring (bicyclic) bond motifs is 2. The van der Waals surface area contributed by atoms with Crippen molar-refractivity contribution >= 4 is 63.2 Å². The number of nitrogens with two attached hydrogens (primary N) is 3. The molecule has 0 aliphatic carbocycles. The zero-order valence-corrected chi connectivity index (χ0v) is 30.5. The number of H-pyrrole nitrogens is 2. The molecule has 0 unspecified atom stereocenters. The highest BCUT2D eigenvalue weighted by atomic mass is 16.4. The summed E-state index contributed by atoms with van der Waals surface area (Å²) < 4.78 is 0. The minimum Gasteiger partial charge on any atom is -0.508 e. The standard InChI is InChI=1S/C39H43N9O9/c40-26(14-21-18-43-27-7-3-1-5-24(21)27)35(52)45-30(15-22-19-44-28-8-4-2-6-25(22)28)37(54)47-31(16-33(41)50)38(55)46-29(13-20-9-11-23(49)12-10-20)36(53)48-32(39(56)57)17-34(42)51/h1-12,18-19,26,29-32,43-44,49H,13-17,40H2,(H2,41,50)(H2,42,51)(H,45,52)(H,46,55)(H,47,54)(H,48,53)(H,56,57)/t26-,29-,30-,31-,32-/m0/s1. The van der Waals surface area contributed by atoms with Gasteiger partial charge >= 0.3 is 5.97 Å². The first kappa shape index (κ1) is 41.0. The Morgan fingerprint density at radius 1 is 0.561 bits per heavy atom. The number of para-hydroxylation sites is 2. The number of carboxylic acids is 1. The Bertz CT molecular complexity index is 2290. The van der Waals surface area contributed by atoms with Crippen LogP contribution in [0.25, 0.3) is 21.8 Å². The van der Waals surface area contributed by atoms with Gasteiger partial charge in [-0.15, -0.1) is 0 Å². The van der Waals surface area contributed by atoms with Gasteiger partial charge < -0.3 is 58.6 Å². The van der Waals surface area contributed by atoms with E-state index in [1.165, 1.54) is 24.3 Å². The molecule has 5 aromatic rings. The first-order valence-corrected chi connectivity index (χ1v) is 17.8. The smallest absolute Gasteiger partial charge is 0.326 e. The third-order valence-corrected chi connectivity index (χ3v) is 9.25. The molecule has 5 atom stereocenters. The number of aromatic nitrogens is 2. The molecular formula is C39H43N9O9. The van der Waals surface area contributed by atoms with Crippen LogP contribution in [-0.4, -0.2) is 91.8 Å². The molecule has 0 saturated carbocycles. The fourth-order valence-electron chi connectivity index (χ4n) is 6.34. The second kappa shape index (κ2) is 18.4. The number of hydrogen-bond donors (Lipinski definition) is 11. The van der Waals surface area contributed by atoms with E-state index in [1.807, 2.05) is 42.5 Å². The lowest BCUT2D eigenvalue weighted by Crippen LogP contribution is -2.60. The fourth-order valence-corrected chi connectivity index (χ4v) is 6.34. The van der Waals surface area contributed by atoms with Crippen molar-refractivity contribution in [1.82, 2.24) is 31.2 Å². The Balaban J connectivity index is 1.38. The van der Waals surface area contributed by atoms with Crippen LogP contribution >= 0.6 is 0 Å². The molecule has 2 aromatic heterocycles. The monoisotopic (exact) mass is 781 g/mol. The van der Waals surface area contributed by atoms with E-state index < -0.39 is 84.5 Å². The van der Waals surface area contributed by atoms with Crippen LogP contribution in [0.1, 0.15) is 29.5 Å². The molecule has 18 heteroatoms. The zero-order chi connectivity index (χ0) is 41.2. The van der Waals surface area contributed by atoms with Crippen molar-refractivity contribution in [2.45, 2.75) is 62.3 Å². The van der Waals surface area contributed by atoms with E-state index >= 15 is 0 Å². The van der Waals surface area contributed by atoms with Gasteiger partial charge in [-0.25, -0.2) is 4.79 Å². The van der Waals surface area contributed by atoms with Crippen molar-refractivity contribution in [3.8, 4) is 5.75 Å². The molecule has 0 fully saturated rings.